The predicted octanol–water partition coefficient (Wildman–Crippen LogP) is 4.49. The van der Waals surface area contributed by atoms with Gasteiger partial charge in [0.15, 0.2) is 0 Å². The van der Waals surface area contributed by atoms with E-state index in [4.69, 9.17) is 14.2 Å². The maximum absolute atomic E-state index is 11.7. The van der Waals surface area contributed by atoms with E-state index >= 15 is 0 Å². The van der Waals surface area contributed by atoms with Crippen LogP contribution in [0.3, 0.4) is 0 Å². The number of hydrogen-bond acceptors (Lipinski definition) is 5. The quantitative estimate of drug-likeness (QED) is 0.336. The Morgan fingerprint density at radius 1 is 0.806 bits per heavy atom. The molecule has 36 heavy (non-hydrogen) atoms. The van der Waals surface area contributed by atoms with Gasteiger partial charge in [0, 0.05) is 23.9 Å². The third kappa shape index (κ3) is 4.47. The number of carbonyl (C=O) groups is 1. The van der Waals surface area contributed by atoms with Crippen molar-refractivity contribution in [2.45, 2.75) is 19.4 Å². The van der Waals surface area contributed by atoms with Crippen LogP contribution in [0.5, 0.6) is 11.5 Å². The summed E-state index contributed by atoms with van der Waals surface area (Å²) in [5, 5.41) is 10.3. The molecule has 190 valence electrons. The summed E-state index contributed by atoms with van der Waals surface area (Å²) in [6.45, 7) is 5.37. The Hall–Kier alpha value is -3.35. The zero-order chi connectivity index (χ0) is 25.8. The largest absolute Gasteiger partial charge is 0.497 e. The number of nitrogens with zero attached hydrogens (tertiary/aromatic N) is 1. The Morgan fingerprint density at radius 3 is 1.72 bits per heavy atom. The number of aliphatic hydroxyl groups is 1. The van der Waals surface area contributed by atoms with Gasteiger partial charge in [0.2, 0.25) is 6.41 Å². The molecule has 0 aliphatic carbocycles. The van der Waals surface area contributed by atoms with Gasteiger partial charge in [-0.2, -0.15) is 0 Å². The number of aliphatic hydroxyl groups excluding tert-OH is 1. The minimum absolute atomic E-state index is 0.0411. The Balaban J connectivity index is 1.88. The van der Waals surface area contributed by atoms with Crippen molar-refractivity contribution >= 4 is 6.41 Å². The molecule has 0 radical (unpaired) electrons. The Kier molecular flexibility index (Phi) is 7.38. The van der Waals surface area contributed by atoms with Crippen molar-refractivity contribution < 1.29 is 24.1 Å². The van der Waals surface area contributed by atoms with E-state index in [-0.39, 0.29) is 6.61 Å². The molecule has 6 heteroatoms. The molecular weight excluding hydrogens is 454 g/mol. The summed E-state index contributed by atoms with van der Waals surface area (Å²) in [7, 11) is 3.30. The fourth-order valence-corrected chi connectivity index (χ4v) is 5.21. The van der Waals surface area contributed by atoms with Gasteiger partial charge in [-0.1, -0.05) is 68.4 Å². The van der Waals surface area contributed by atoms with Crippen molar-refractivity contribution in [3.63, 3.8) is 0 Å². The summed E-state index contributed by atoms with van der Waals surface area (Å²) in [5.74, 6) is 1.51. The maximum Gasteiger partial charge on any atom is 0.209 e. The summed E-state index contributed by atoms with van der Waals surface area (Å²) in [5.41, 5.74) is 0.934. The highest BCUT2D eigenvalue weighted by molar-refractivity contribution is 5.50. The number of carbonyl (C=O) groups excluding carboxylic acids is 1. The number of rotatable bonds is 10. The molecule has 0 spiro atoms. The topological polar surface area (TPSA) is 68.2 Å². The van der Waals surface area contributed by atoms with Gasteiger partial charge in [-0.15, -0.1) is 0 Å². The van der Waals surface area contributed by atoms with E-state index < -0.39 is 16.4 Å². The van der Waals surface area contributed by atoms with Crippen LogP contribution in [0.15, 0.2) is 78.9 Å². The fourth-order valence-electron chi connectivity index (χ4n) is 5.21. The second-order valence-electron chi connectivity index (χ2n) is 10.1. The summed E-state index contributed by atoms with van der Waals surface area (Å²) >= 11 is 0. The van der Waals surface area contributed by atoms with Crippen LogP contribution < -0.4 is 9.47 Å². The lowest BCUT2D eigenvalue weighted by Crippen LogP contribution is -2.46. The molecule has 1 fully saturated rings. The highest BCUT2D eigenvalue weighted by atomic mass is 16.5. The van der Waals surface area contributed by atoms with Crippen molar-refractivity contribution in [3.05, 3.63) is 95.6 Å². The predicted molar refractivity (Wildman–Crippen MR) is 139 cm³/mol. The standard InChI is InChI=1S/C30H35NO5/c1-28(20-32)18-31(22-33)19-29(28,2)21-36-30(23-8-6-5-7-9-23,24-10-14-26(34-3)15-11-24)25-12-16-27(35-4)17-13-25/h5-17,22,32H,18-21H2,1-4H3. The third-order valence-electron chi connectivity index (χ3n) is 7.84. The van der Waals surface area contributed by atoms with Gasteiger partial charge >= 0.3 is 0 Å². The van der Waals surface area contributed by atoms with E-state index in [1.807, 2.05) is 73.7 Å². The minimum Gasteiger partial charge on any atom is -0.497 e. The molecule has 3 aromatic rings. The number of methoxy groups -OCH3 is 2. The number of amides is 1. The van der Waals surface area contributed by atoms with Crippen molar-refractivity contribution in [3.8, 4) is 11.5 Å². The van der Waals surface area contributed by atoms with E-state index in [0.29, 0.717) is 19.7 Å². The van der Waals surface area contributed by atoms with Crippen LogP contribution in [0, 0.1) is 10.8 Å². The minimum atomic E-state index is -0.951. The number of hydrogen-bond donors (Lipinski definition) is 1. The molecule has 1 amide bonds. The van der Waals surface area contributed by atoms with Gasteiger partial charge in [0.25, 0.3) is 0 Å². The second kappa shape index (κ2) is 10.3. The maximum atomic E-state index is 11.7. The third-order valence-corrected chi connectivity index (χ3v) is 7.84. The van der Waals surface area contributed by atoms with Gasteiger partial charge < -0.3 is 24.2 Å². The van der Waals surface area contributed by atoms with E-state index in [9.17, 15) is 9.90 Å². The van der Waals surface area contributed by atoms with Gasteiger partial charge in [0.05, 0.1) is 27.4 Å². The monoisotopic (exact) mass is 489 g/mol. The lowest BCUT2D eigenvalue weighted by Gasteiger charge is -2.43. The smallest absolute Gasteiger partial charge is 0.209 e. The second-order valence-corrected chi connectivity index (χ2v) is 10.1. The molecule has 0 bridgehead atoms. The van der Waals surface area contributed by atoms with Crippen molar-refractivity contribution in [2.24, 2.45) is 10.8 Å². The molecule has 0 aromatic heterocycles. The van der Waals surface area contributed by atoms with Crippen LogP contribution in [0.1, 0.15) is 30.5 Å². The molecule has 2 unspecified atom stereocenters. The van der Waals surface area contributed by atoms with Crippen molar-refractivity contribution in [2.75, 3.05) is 40.5 Å². The van der Waals surface area contributed by atoms with Crippen molar-refractivity contribution in [1.29, 1.82) is 0 Å². The summed E-state index contributed by atoms with van der Waals surface area (Å²) in [6.07, 6.45) is 0.858. The first-order valence-electron chi connectivity index (χ1n) is 12.1. The van der Waals surface area contributed by atoms with Gasteiger partial charge in [0.1, 0.15) is 17.1 Å². The number of ether oxygens (including phenoxy) is 3. The first-order valence-corrected chi connectivity index (χ1v) is 12.1. The molecule has 4 rings (SSSR count). The molecule has 6 nitrogen and oxygen atoms in total. The molecular formula is C30H35NO5. The van der Waals surface area contributed by atoms with Crippen LogP contribution in [-0.2, 0) is 15.1 Å². The highest BCUT2D eigenvalue weighted by Crippen LogP contribution is 2.49. The van der Waals surface area contributed by atoms with E-state index in [2.05, 4.69) is 19.1 Å². The van der Waals surface area contributed by atoms with Gasteiger partial charge in [-0.3, -0.25) is 4.79 Å². The molecule has 3 aromatic carbocycles. The molecule has 1 aliphatic heterocycles. The van der Waals surface area contributed by atoms with Crippen LogP contribution in [-0.4, -0.2) is 56.9 Å². The van der Waals surface area contributed by atoms with Gasteiger partial charge in [-0.05, 0) is 41.0 Å². The lowest BCUT2D eigenvalue weighted by atomic mass is 9.68. The average Bonchev–Trinajstić information content (AvgIpc) is 3.20. The lowest BCUT2D eigenvalue weighted by molar-refractivity contribution is -0.117. The summed E-state index contributed by atoms with van der Waals surface area (Å²) in [6, 6.07) is 26.0. The van der Waals surface area contributed by atoms with Crippen LogP contribution in [0.4, 0.5) is 0 Å². The van der Waals surface area contributed by atoms with Crippen LogP contribution in [0.2, 0.25) is 0 Å². The Morgan fingerprint density at radius 2 is 1.28 bits per heavy atom. The average molecular weight is 490 g/mol. The van der Waals surface area contributed by atoms with E-state index in [0.717, 1.165) is 34.6 Å². The molecule has 0 saturated carbocycles. The molecule has 2 atom stereocenters. The number of benzene rings is 3. The Labute approximate surface area is 213 Å². The summed E-state index contributed by atoms with van der Waals surface area (Å²) in [4.78, 5) is 13.4. The van der Waals surface area contributed by atoms with E-state index in [1.54, 1.807) is 19.1 Å². The molecule has 1 aliphatic rings. The Bertz CT molecular complexity index is 1100. The molecule has 1 heterocycles. The van der Waals surface area contributed by atoms with Crippen LogP contribution >= 0.6 is 0 Å². The zero-order valence-corrected chi connectivity index (χ0v) is 21.4. The van der Waals surface area contributed by atoms with E-state index in [1.165, 1.54) is 0 Å². The summed E-state index contributed by atoms with van der Waals surface area (Å²) < 4.78 is 17.9. The van der Waals surface area contributed by atoms with Crippen molar-refractivity contribution in [1.82, 2.24) is 4.90 Å². The van der Waals surface area contributed by atoms with Crippen LogP contribution in [0.25, 0.3) is 0 Å². The first kappa shape index (κ1) is 25.7. The SMILES string of the molecule is COc1ccc(C(OCC2(C)CN(C=O)CC2(C)CO)(c2ccccc2)c2ccc(OC)cc2)cc1. The molecule has 1 saturated heterocycles. The molecule has 1 N–H and O–H groups in total. The first-order chi connectivity index (χ1) is 17.3. The normalized spacial score (nSPS) is 21.9. The zero-order valence-electron chi connectivity index (χ0n) is 21.4. The highest BCUT2D eigenvalue weighted by Gasteiger charge is 2.53. The fraction of sp³-hybridized carbons (Fsp3) is 0.367. The van der Waals surface area contributed by atoms with Gasteiger partial charge in [-0.25, -0.2) is 0 Å². The number of likely N-dealkylation sites (tertiary alicyclic amines) is 1.